The van der Waals surface area contributed by atoms with Crippen molar-refractivity contribution in [3.05, 3.63) is 108 Å². The maximum atomic E-state index is 5.78. The minimum absolute atomic E-state index is 0.567. The molecule has 30 heavy (non-hydrogen) atoms. The summed E-state index contributed by atoms with van der Waals surface area (Å²) in [6.45, 7) is 7.61. The van der Waals surface area contributed by atoms with Gasteiger partial charge in [0.15, 0.2) is 0 Å². The summed E-state index contributed by atoms with van der Waals surface area (Å²) in [7, 11) is 0. The van der Waals surface area contributed by atoms with Crippen LogP contribution < -0.4 is 26.4 Å². The smallest absolute Gasteiger partial charge is 0.119 e. The third-order valence-corrected chi connectivity index (χ3v) is 4.61. The molecule has 5 heteroatoms. The molecule has 0 amide bonds. The Morgan fingerprint density at radius 3 is 2.13 bits per heavy atom. The molecule has 0 heterocycles. The highest BCUT2D eigenvalue weighted by Gasteiger charge is 1.99. The highest BCUT2D eigenvalue weighted by atomic mass is 16.5. The van der Waals surface area contributed by atoms with E-state index in [1.165, 1.54) is 11.1 Å². The zero-order chi connectivity index (χ0) is 21.0. The second-order valence-corrected chi connectivity index (χ2v) is 7.15. The van der Waals surface area contributed by atoms with Crippen LogP contribution in [-0.4, -0.2) is 13.2 Å². The molecular weight excluding hydrogens is 372 g/mol. The van der Waals surface area contributed by atoms with E-state index in [2.05, 4.69) is 46.8 Å². The van der Waals surface area contributed by atoms with Gasteiger partial charge in [0.25, 0.3) is 0 Å². The highest BCUT2D eigenvalue weighted by Crippen LogP contribution is 2.12. The summed E-state index contributed by atoms with van der Waals surface area (Å²) in [5.41, 5.74) is 11.0. The number of nitrogen functional groups attached to an aromatic ring is 1. The normalized spacial score (nSPS) is 10.5. The topological polar surface area (TPSA) is 71.3 Å². The lowest BCUT2D eigenvalue weighted by Crippen LogP contribution is -2.32. The van der Waals surface area contributed by atoms with Crippen molar-refractivity contribution in [2.75, 3.05) is 18.9 Å². The number of rotatable bonds is 12. The van der Waals surface area contributed by atoms with E-state index in [-0.39, 0.29) is 0 Å². The van der Waals surface area contributed by atoms with Crippen LogP contribution >= 0.6 is 0 Å². The van der Waals surface area contributed by atoms with E-state index in [9.17, 15) is 0 Å². The minimum atomic E-state index is 0.567. The molecule has 0 bridgehead atoms. The molecule has 0 atom stereocenters. The number of ether oxygens (including phenoxy) is 1. The Morgan fingerprint density at radius 2 is 1.40 bits per heavy atom. The number of benzene rings is 3. The monoisotopic (exact) mass is 402 g/mol. The van der Waals surface area contributed by atoms with E-state index >= 15 is 0 Å². The first-order chi connectivity index (χ1) is 14.7. The van der Waals surface area contributed by atoms with Gasteiger partial charge >= 0.3 is 0 Å². The lowest BCUT2D eigenvalue weighted by Gasteiger charge is -2.12. The molecule has 0 saturated heterocycles. The lowest BCUT2D eigenvalue weighted by molar-refractivity contribution is 0.306. The predicted octanol–water partition coefficient (Wildman–Crippen LogP) is 3.79. The number of para-hydroxylation sites is 1. The van der Waals surface area contributed by atoms with Crippen molar-refractivity contribution in [2.24, 2.45) is 0 Å². The van der Waals surface area contributed by atoms with E-state index in [1.54, 1.807) is 0 Å². The van der Waals surface area contributed by atoms with Crippen molar-refractivity contribution in [2.45, 2.75) is 19.7 Å². The second-order valence-electron chi connectivity index (χ2n) is 7.15. The van der Waals surface area contributed by atoms with Gasteiger partial charge < -0.3 is 21.1 Å². The van der Waals surface area contributed by atoms with Gasteiger partial charge in [-0.1, -0.05) is 61.2 Å². The molecule has 0 radical (unpaired) electrons. The fourth-order valence-corrected chi connectivity index (χ4v) is 2.87. The van der Waals surface area contributed by atoms with Gasteiger partial charge in [-0.15, -0.1) is 0 Å². The van der Waals surface area contributed by atoms with E-state index in [0.717, 1.165) is 35.8 Å². The molecule has 0 aliphatic carbocycles. The van der Waals surface area contributed by atoms with Crippen LogP contribution in [0, 0.1) is 0 Å². The number of nitrogens with one attached hydrogen (secondary N) is 3. The first-order valence-corrected chi connectivity index (χ1v) is 10.1. The molecule has 0 spiro atoms. The summed E-state index contributed by atoms with van der Waals surface area (Å²) < 4.78 is 5.78. The van der Waals surface area contributed by atoms with Gasteiger partial charge in [-0.3, -0.25) is 5.32 Å². The van der Waals surface area contributed by atoms with Gasteiger partial charge in [-0.2, -0.15) is 0 Å². The third kappa shape index (κ3) is 7.62. The molecular formula is C25H30N4O. The summed E-state index contributed by atoms with van der Waals surface area (Å²) in [4.78, 5) is 0. The van der Waals surface area contributed by atoms with Crippen LogP contribution in [0.4, 0.5) is 5.69 Å². The van der Waals surface area contributed by atoms with Crippen molar-refractivity contribution in [3.63, 3.8) is 0 Å². The van der Waals surface area contributed by atoms with E-state index in [0.29, 0.717) is 19.8 Å². The first-order valence-electron chi connectivity index (χ1n) is 10.1. The van der Waals surface area contributed by atoms with Gasteiger partial charge in [0.05, 0.1) is 0 Å². The first kappa shape index (κ1) is 21.4. The standard InChI is InChI=1S/C25H30N4O/c1-20(15-27-19-28-16-21-11-13-24(26)14-12-21)29-17-22-7-9-23(10-8-22)18-30-25-5-3-2-4-6-25/h2-14,27-29H,1,15-19,26H2. The summed E-state index contributed by atoms with van der Waals surface area (Å²) in [6.07, 6.45) is 0. The lowest BCUT2D eigenvalue weighted by atomic mass is 10.1. The predicted molar refractivity (Wildman–Crippen MR) is 124 cm³/mol. The second kappa shape index (κ2) is 11.7. The average Bonchev–Trinajstić information content (AvgIpc) is 2.79. The Morgan fingerprint density at radius 1 is 0.767 bits per heavy atom. The van der Waals surface area contributed by atoms with Crippen LogP contribution in [0.2, 0.25) is 0 Å². The molecule has 156 valence electrons. The van der Waals surface area contributed by atoms with Crippen molar-refractivity contribution < 1.29 is 4.74 Å². The van der Waals surface area contributed by atoms with Gasteiger partial charge in [0.2, 0.25) is 0 Å². The largest absolute Gasteiger partial charge is 0.489 e. The average molecular weight is 403 g/mol. The molecule has 0 unspecified atom stereocenters. The Balaban J connectivity index is 1.28. The Hall–Kier alpha value is -3.28. The highest BCUT2D eigenvalue weighted by molar-refractivity contribution is 5.39. The summed E-state index contributed by atoms with van der Waals surface area (Å²) in [6, 6.07) is 26.2. The van der Waals surface area contributed by atoms with Crippen molar-refractivity contribution in [3.8, 4) is 5.75 Å². The SMILES string of the molecule is C=C(CNCNCc1ccc(N)cc1)NCc1ccc(COc2ccccc2)cc1. The maximum absolute atomic E-state index is 5.78. The zero-order valence-corrected chi connectivity index (χ0v) is 17.2. The number of nitrogens with two attached hydrogens (primary N) is 1. The van der Waals surface area contributed by atoms with Gasteiger partial charge in [-0.25, -0.2) is 0 Å². The molecule has 3 aromatic carbocycles. The van der Waals surface area contributed by atoms with Crippen molar-refractivity contribution >= 4 is 5.69 Å². The van der Waals surface area contributed by atoms with Crippen molar-refractivity contribution in [1.29, 1.82) is 0 Å². The fourth-order valence-electron chi connectivity index (χ4n) is 2.87. The van der Waals surface area contributed by atoms with Crippen LogP contribution in [0.3, 0.4) is 0 Å². The van der Waals surface area contributed by atoms with E-state index in [4.69, 9.17) is 10.5 Å². The maximum Gasteiger partial charge on any atom is 0.119 e. The number of hydrogen-bond acceptors (Lipinski definition) is 5. The third-order valence-electron chi connectivity index (χ3n) is 4.61. The van der Waals surface area contributed by atoms with Crippen LogP contribution in [-0.2, 0) is 19.7 Å². The van der Waals surface area contributed by atoms with Crippen LogP contribution in [0.15, 0.2) is 91.1 Å². The van der Waals surface area contributed by atoms with Crippen molar-refractivity contribution in [1.82, 2.24) is 16.0 Å². The van der Waals surface area contributed by atoms with Gasteiger partial charge in [0, 0.05) is 37.7 Å². The minimum Gasteiger partial charge on any atom is -0.489 e. The van der Waals surface area contributed by atoms with E-state index < -0.39 is 0 Å². The molecule has 3 aromatic rings. The molecule has 0 aliphatic heterocycles. The molecule has 0 aromatic heterocycles. The summed E-state index contributed by atoms with van der Waals surface area (Å²) in [5.74, 6) is 0.884. The molecule has 5 nitrogen and oxygen atoms in total. The van der Waals surface area contributed by atoms with E-state index in [1.807, 2.05) is 54.6 Å². The quantitative estimate of drug-likeness (QED) is 0.211. The Bertz CT molecular complexity index is 893. The van der Waals surface area contributed by atoms with Crippen LogP contribution in [0.5, 0.6) is 5.75 Å². The number of hydrogen-bond donors (Lipinski definition) is 4. The molecule has 0 saturated carbocycles. The summed E-state index contributed by atoms with van der Waals surface area (Å²) >= 11 is 0. The van der Waals surface area contributed by atoms with Crippen LogP contribution in [0.1, 0.15) is 16.7 Å². The van der Waals surface area contributed by atoms with Gasteiger partial charge in [-0.05, 0) is 41.0 Å². The van der Waals surface area contributed by atoms with Gasteiger partial charge in [0.1, 0.15) is 12.4 Å². The molecule has 3 rings (SSSR count). The Kier molecular flexibility index (Phi) is 8.33. The van der Waals surface area contributed by atoms with Crippen LogP contribution in [0.25, 0.3) is 0 Å². The number of anilines is 1. The molecule has 5 N–H and O–H groups in total. The molecule has 0 aliphatic rings. The Labute approximate surface area is 179 Å². The summed E-state index contributed by atoms with van der Waals surface area (Å²) in [5, 5.41) is 10.0. The fraction of sp³-hybridized carbons (Fsp3) is 0.200. The zero-order valence-electron chi connectivity index (χ0n) is 17.2. The molecule has 0 fully saturated rings.